The Balaban J connectivity index is 2.08. The van der Waals surface area contributed by atoms with E-state index in [1.54, 1.807) is 0 Å². The van der Waals surface area contributed by atoms with E-state index in [0.29, 0.717) is 0 Å². The van der Waals surface area contributed by atoms with Gasteiger partial charge in [0.25, 0.3) is 0 Å². The summed E-state index contributed by atoms with van der Waals surface area (Å²) in [7, 11) is 0. The molecule has 1 aromatic rings. The van der Waals surface area contributed by atoms with Crippen LogP contribution in [0, 0.1) is 0 Å². The van der Waals surface area contributed by atoms with Crippen molar-refractivity contribution < 1.29 is 0 Å². The lowest BCUT2D eigenvalue weighted by molar-refractivity contribution is 0.405. The minimum atomic E-state index is 0.113. The molecule has 0 bridgehead atoms. The summed E-state index contributed by atoms with van der Waals surface area (Å²) in [6.07, 6.45) is 3.01. The Kier molecular flexibility index (Phi) is 2.24. The molecule has 1 unspecified atom stereocenters. The number of nitrogens with one attached hydrogen (secondary N) is 1. The molecule has 1 aliphatic heterocycles. The molecule has 0 aromatic carbocycles. The Morgan fingerprint density at radius 1 is 1.33 bits per heavy atom. The van der Waals surface area contributed by atoms with Crippen molar-refractivity contribution in [1.29, 1.82) is 0 Å². The fourth-order valence-electron chi connectivity index (χ4n) is 1.20. The Morgan fingerprint density at radius 3 is 2.83 bits per heavy atom. The molecule has 63 valence electrons. The van der Waals surface area contributed by atoms with Gasteiger partial charge in [-0.1, -0.05) is 0 Å². The molecule has 1 N–H and O–H groups in total. The second-order valence-electron chi connectivity index (χ2n) is 2.62. The summed E-state index contributed by atoms with van der Waals surface area (Å²) in [4.78, 5) is 11.8. The smallest absolute Gasteiger partial charge is 0.151 e. The van der Waals surface area contributed by atoms with E-state index in [-0.39, 0.29) is 6.04 Å². The van der Waals surface area contributed by atoms with Crippen molar-refractivity contribution in [1.82, 2.24) is 25.6 Å². The number of aromatic nitrogens is 3. The van der Waals surface area contributed by atoms with E-state index in [0.717, 1.165) is 25.5 Å². The van der Waals surface area contributed by atoms with Gasteiger partial charge in [0.05, 0.1) is 6.04 Å². The van der Waals surface area contributed by atoms with Crippen LogP contribution < -0.4 is 10.6 Å². The average molecular weight is 164 g/mol. The van der Waals surface area contributed by atoms with E-state index in [1.165, 1.54) is 12.7 Å². The van der Waals surface area contributed by atoms with Gasteiger partial charge < -0.3 is 5.32 Å². The first-order valence-corrected chi connectivity index (χ1v) is 3.96. The summed E-state index contributed by atoms with van der Waals surface area (Å²) in [6.45, 7) is 2.64. The molecule has 1 aliphatic rings. The lowest BCUT2D eigenvalue weighted by atomic mass is 10.2. The zero-order chi connectivity index (χ0) is 8.23. The minimum absolute atomic E-state index is 0.113. The SMILES string of the molecule is c1ncnc(C2CNCC[N]2)n1. The molecule has 2 rings (SSSR count). The van der Waals surface area contributed by atoms with Gasteiger partial charge in [0.1, 0.15) is 12.7 Å². The Morgan fingerprint density at radius 2 is 2.17 bits per heavy atom. The Labute approximate surface area is 70.6 Å². The highest BCUT2D eigenvalue weighted by atomic mass is 15.1. The van der Waals surface area contributed by atoms with Gasteiger partial charge >= 0.3 is 0 Å². The summed E-state index contributed by atoms with van der Waals surface area (Å²) in [5.74, 6) is 0.761. The third-order valence-corrected chi connectivity index (χ3v) is 1.79. The molecule has 2 heterocycles. The van der Waals surface area contributed by atoms with Gasteiger partial charge in [-0.3, -0.25) is 0 Å². The standard InChI is InChI=1S/C7H10N5/c1-2-10-6(3-8-1)7-11-4-9-5-12-7/h4-6,8H,1-3H2. The highest BCUT2D eigenvalue weighted by Gasteiger charge is 2.17. The van der Waals surface area contributed by atoms with Crippen LogP contribution in [-0.4, -0.2) is 34.6 Å². The first kappa shape index (κ1) is 7.57. The molecule has 1 saturated heterocycles. The fourth-order valence-corrected chi connectivity index (χ4v) is 1.20. The van der Waals surface area contributed by atoms with Crippen molar-refractivity contribution in [3.8, 4) is 0 Å². The van der Waals surface area contributed by atoms with Crippen molar-refractivity contribution in [2.45, 2.75) is 6.04 Å². The average Bonchev–Trinajstić information content (AvgIpc) is 2.21. The minimum Gasteiger partial charge on any atom is -0.313 e. The van der Waals surface area contributed by atoms with Crippen LogP contribution in [0.15, 0.2) is 12.7 Å². The molecular weight excluding hydrogens is 154 g/mol. The predicted molar refractivity (Wildman–Crippen MR) is 42.4 cm³/mol. The number of hydrogen-bond acceptors (Lipinski definition) is 4. The van der Waals surface area contributed by atoms with Crippen LogP contribution in [0.5, 0.6) is 0 Å². The number of piperazine rings is 1. The quantitative estimate of drug-likeness (QED) is 0.585. The summed E-state index contributed by atoms with van der Waals surface area (Å²) in [5.41, 5.74) is 0. The number of nitrogens with zero attached hydrogens (tertiary/aromatic N) is 4. The summed E-state index contributed by atoms with van der Waals surface area (Å²) in [6, 6.07) is 0.113. The van der Waals surface area contributed by atoms with Crippen molar-refractivity contribution in [3.05, 3.63) is 18.5 Å². The second-order valence-corrected chi connectivity index (χ2v) is 2.62. The topological polar surface area (TPSA) is 64.8 Å². The molecule has 0 spiro atoms. The first-order valence-electron chi connectivity index (χ1n) is 3.96. The molecule has 0 amide bonds. The molecule has 5 heteroatoms. The zero-order valence-electron chi connectivity index (χ0n) is 6.64. The van der Waals surface area contributed by atoms with Gasteiger partial charge in [0, 0.05) is 19.6 Å². The maximum absolute atomic E-state index is 4.38. The number of rotatable bonds is 1. The van der Waals surface area contributed by atoms with E-state index in [2.05, 4.69) is 25.6 Å². The molecule has 1 atom stereocenters. The normalized spacial score (nSPS) is 23.8. The van der Waals surface area contributed by atoms with Crippen molar-refractivity contribution in [2.24, 2.45) is 0 Å². The third kappa shape index (κ3) is 1.57. The summed E-state index contributed by atoms with van der Waals surface area (Å²) < 4.78 is 0. The molecule has 5 nitrogen and oxygen atoms in total. The first-order chi connectivity index (χ1) is 5.97. The number of hydrogen-bond donors (Lipinski definition) is 1. The van der Waals surface area contributed by atoms with Crippen LogP contribution >= 0.6 is 0 Å². The van der Waals surface area contributed by atoms with Gasteiger partial charge in [-0.2, -0.15) is 0 Å². The molecule has 12 heavy (non-hydrogen) atoms. The summed E-state index contributed by atoms with van der Waals surface area (Å²) >= 11 is 0. The van der Waals surface area contributed by atoms with Crippen molar-refractivity contribution in [2.75, 3.05) is 19.6 Å². The molecule has 0 aliphatic carbocycles. The molecular formula is C7H10N5. The molecule has 1 aromatic heterocycles. The van der Waals surface area contributed by atoms with Crippen molar-refractivity contribution >= 4 is 0 Å². The van der Waals surface area contributed by atoms with Crippen LogP contribution in [0.4, 0.5) is 0 Å². The van der Waals surface area contributed by atoms with Crippen LogP contribution in [0.25, 0.3) is 0 Å². The highest BCUT2D eigenvalue weighted by molar-refractivity contribution is 4.94. The third-order valence-electron chi connectivity index (χ3n) is 1.79. The van der Waals surface area contributed by atoms with E-state index < -0.39 is 0 Å². The zero-order valence-corrected chi connectivity index (χ0v) is 6.64. The predicted octanol–water partition coefficient (Wildman–Crippen LogP) is -0.880. The highest BCUT2D eigenvalue weighted by Crippen LogP contribution is 2.07. The second kappa shape index (κ2) is 3.55. The van der Waals surface area contributed by atoms with Crippen LogP contribution in [0.2, 0.25) is 0 Å². The Hall–Kier alpha value is -1.07. The maximum Gasteiger partial charge on any atom is 0.151 e. The molecule has 1 radical (unpaired) electrons. The fraction of sp³-hybridized carbons (Fsp3) is 0.571. The van der Waals surface area contributed by atoms with Gasteiger partial charge in [-0.05, 0) is 0 Å². The molecule has 1 fully saturated rings. The largest absolute Gasteiger partial charge is 0.313 e. The van der Waals surface area contributed by atoms with Gasteiger partial charge in [-0.15, -0.1) is 0 Å². The van der Waals surface area contributed by atoms with Crippen LogP contribution in [0.1, 0.15) is 11.9 Å². The summed E-state index contributed by atoms with van der Waals surface area (Å²) in [5, 5.41) is 7.62. The van der Waals surface area contributed by atoms with Crippen molar-refractivity contribution in [3.63, 3.8) is 0 Å². The van der Waals surface area contributed by atoms with Gasteiger partial charge in [0.15, 0.2) is 5.82 Å². The van der Waals surface area contributed by atoms with E-state index in [9.17, 15) is 0 Å². The molecule has 0 saturated carbocycles. The lowest BCUT2D eigenvalue weighted by Gasteiger charge is -2.20. The van der Waals surface area contributed by atoms with Crippen LogP contribution in [0.3, 0.4) is 0 Å². The van der Waals surface area contributed by atoms with E-state index in [4.69, 9.17) is 0 Å². The maximum atomic E-state index is 4.38. The van der Waals surface area contributed by atoms with E-state index >= 15 is 0 Å². The van der Waals surface area contributed by atoms with Crippen LogP contribution in [-0.2, 0) is 0 Å². The monoisotopic (exact) mass is 164 g/mol. The van der Waals surface area contributed by atoms with E-state index in [1.807, 2.05) is 0 Å². The van der Waals surface area contributed by atoms with Gasteiger partial charge in [0.2, 0.25) is 0 Å². The van der Waals surface area contributed by atoms with Gasteiger partial charge in [-0.25, -0.2) is 20.3 Å². The lowest BCUT2D eigenvalue weighted by Crippen LogP contribution is -2.39. The Bertz CT molecular complexity index is 231.